The second-order valence-electron chi connectivity index (χ2n) is 4.87. The summed E-state index contributed by atoms with van der Waals surface area (Å²) in [5.41, 5.74) is 4.78. The molecule has 0 radical (unpaired) electrons. The molecule has 102 valence electrons. The molecule has 3 rings (SSSR count). The van der Waals surface area contributed by atoms with E-state index in [0.717, 1.165) is 28.1 Å². The summed E-state index contributed by atoms with van der Waals surface area (Å²) in [6.45, 7) is 1.92. The number of nitrogens with zero attached hydrogens (tertiary/aromatic N) is 1. The summed E-state index contributed by atoms with van der Waals surface area (Å²) in [7, 11) is 0. The predicted molar refractivity (Wildman–Crippen MR) is 79.0 cm³/mol. The average Bonchev–Trinajstić information content (AvgIpc) is 2.91. The largest absolute Gasteiger partial charge is 0.465 e. The molecule has 0 bridgehead atoms. The van der Waals surface area contributed by atoms with Crippen molar-refractivity contribution in [2.24, 2.45) is 5.84 Å². The van der Waals surface area contributed by atoms with Gasteiger partial charge in [0.25, 0.3) is 0 Å². The van der Waals surface area contributed by atoms with Crippen LogP contribution in [0.5, 0.6) is 0 Å². The number of hydrazine groups is 1. The molecule has 0 amide bonds. The lowest BCUT2D eigenvalue weighted by molar-refractivity contribution is 0.401. The second kappa shape index (κ2) is 5.45. The van der Waals surface area contributed by atoms with Crippen molar-refractivity contribution >= 4 is 10.9 Å². The number of hydrogen-bond donors (Lipinski definition) is 2. The third-order valence-electron chi connectivity index (χ3n) is 3.38. The van der Waals surface area contributed by atoms with Crippen molar-refractivity contribution in [2.45, 2.75) is 19.4 Å². The summed E-state index contributed by atoms with van der Waals surface area (Å²) >= 11 is 0. The lowest BCUT2D eigenvalue weighted by Gasteiger charge is -2.13. The van der Waals surface area contributed by atoms with Crippen molar-refractivity contribution in [3.8, 4) is 0 Å². The molecule has 1 unspecified atom stereocenters. The molecule has 2 aromatic heterocycles. The van der Waals surface area contributed by atoms with Gasteiger partial charge in [0.15, 0.2) is 0 Å². The van der Waals surface area contributed by atoms with Crippen molar-refractivity contribution in [1.82, 2.24) is 10.4 Å². The number of pyridine rings is 1. The number of nitrogens with two attached hydrogens (primary N) is 1. The van der Waals surface area contributed by atoms with Gasteiger partial charge in [0, 0.05) is 17.5 Å². The highest BCUT2D eigenvalue weighted by molar-refractivity contribution is 5.78. The first kappa shape index (κ1) is 12.8. The topological polar surface area (TPSA) is 64.1 Å². The van der Waals surface area contributed by atoms with Gasteiger partial charge < -0.3 is 4.42 Å². The van der Waals surface area contributed by atoms with E-state index in [4.69, 9.17) is 10.3 Å². The molecule has 3 N–H and O–H groups in total. The van der Waals surface area contributed by atoms with Crippen molar-refractivity contribution in [2.75, 3.05) is 0 Å². The Labute approximate surface area is 117 Å². The third-order valence-corrected chi connectivity index (χ3v) is 3.38. The first-order chi connectivity index (χ1) is 9.76. The second-order valence-corrected chi connectivity index (χ2v) is 4.87. The number of aromatic nitrogens is 1. The first-order valence-electron chi connectivity index (χ1n) is 6.63. The molecular weight excluding hydrogens is 250 g/mol. The Morgan fingerprint density at radius 2 is 2.00 bits per heavy atom. The van der Waals surface area contributed by atoms with E-state index in [-0.39, 0.29) is 6.04 Å². The first-order valence-corrected chi connectivity index (χ1v) is 6.63. The minimum atomic E-state index is -0.0719. The number of hydrogen-bond acceptors (Lipinski definition) is 4. The van der Waals surface area contributed by atoms with Crippen molar-refractivity contribution in [1.29, 1.82) is 0 Å². The number of fused-ring (bicyclic) bond motifs is 1. The number of furan rings is 1. The Morgan fingerprint density at radius 1 is 1.15 bits per heavy atom. The molecule has 4 heteroatoms. The highest BCUT2D eigenvalue weighted by Gasteiger charge is 2.15. The molecule has 0 saturated carbocycles. The highest BCUT2D eigenvalue weighted by Crippen LogP contribution is 2.20. The van der Waals surface area contributed by atoms with Crippen LogP contribution in [0.3, 0.4) is 0 Å². The van der Waals surface area contributed by atoms with Crippen LogP contribution in [0.2, 0.25) is 0 Å². The van der Waals surface area contributed by atoms with E-state index in [0.29, 0.717) is 6.42 Å². The zero-order valence-electron chi connectivity index (χ0n) is 11.3. The summed E-state index contributed by atoms with van der Waals surface area (Å²) in [6.07, 6.45) is 0.689. The molecule has 3 aromatic rings. The normalized spacial score (nSPS) is 12.7. The van der Waals surface area contributed by atoms with E-state index in [1.54, 1.807) is 0 Å². The van der Waals surface area contributed by atoms with Gasteiger partial charge >= 0.3 is 0 Å². The Morgan fingerprint density at radius 3 is 2.75 bits per heavy atom. The maximum atomic E-state index is 5.64. The molecule has 0 aliphatic carbocycles. The summed E-state index contributed by atoms with van der Waals surface area (Å²) in [6, 6.07) is 16.0. The number of rotatable bonds is 4. The zero-order chi connectivity index (χ0) is 13.9. The van der Waals surface area contributed by atoms with Crippen LogP contribution < -0.4 is 11.3 Å². The van der Waals surface area contributed by atoms with Crippen LogP contribution in [-0.2, 0) is 6.42 Å². The molecule has 20 heavy (non-hydrogen) atoms. The third kappa shape index (κ3) is 2.57. The molecule has 1 atom stereocenters. The highest BCUT2D eigenvalue weighted by atomic mass is 16.3. The van der Waals surface area contributed by atoms with E-state index in [1.165, 1.54) is 0 Å². The Balaban J connectivity index is 1.87. The fraction of sp³-hybridized carbons (Fsp3) is 0.188. The summed E-state index contributed by atoms with van der Waals surface area (Å²) in [5, 5.41) is 1.14. The van der Waals surface area contributed by atoms with Gasteiger partial charge in [-0.25, -0.2) is 5.43 Å². The standard InChI is InChI=1S/C16H17N3O/c1-11-6-9-16(20-11)15(19-17)10-13-8-7-12-4-2-3-5-14(12)18-13/h2-9,15,19H,10,17H2,1H3. The molecule has 4 nitrogen and oxygen atoms in total. The minimum absolute atomic E-state index is 0.0719. The van der Waals surface area contributed by atoms with Gasteiger partial charge in [-0.15, -0.1) is 0 Å². The maximum Gasteiger partial charge on any atom is 0.122 e. The van der Waals surface area contributed by atoms with Crippen LogP contribution in [0.15, 0.2) is 52.9 Å². The van der Waals surface area contributed by atoms with Gasteiger partial charge in [-0.2, -0.15) is 0 Å². The van der Waals surface area contributed by atoms with Crippen LogP contribution in [0.25, 0.3) is 10.9 Å². The Kier molecular flexibility index (Phi) is 3.50. The van der Waals surface area contributed by atoms with Gasteiger partial charge in [0.1, 0.15) is 11.5 Å². The van der Waals surface area contributed by atoms with Crippen LogP contribution >= 0.6 is 0 Å². The molecule has 0 aliphatic rings. The van der Waals surface area contributed by atoms with Gasteiger partial charge in [-0.1, -0.05) is 24.3 Å². The molecule has 1 aromatic carbocycles. The Bertz CT molecular complexity index is 720. The SMILES string of the molecule is Cc1ccc(C(Cc2ccc3ccccc3n2)NN)o1. The van der Waals surface area contributed by atoms with E-state index in [2.05, 4.69) is 22.5 Å². The predicted octanol–water partition coefficient (Wildman–Crippen LogP) is 2.88. The number of para-hydroxylation sites is 1. The molecule has 0 aliphatic heterocycles. The van der Waals surface area contributed by atoms with Crippen molar-refractivity contribution < 1.29 is 4.42 Å². The lowest BCUT2D eigenvalue weighted by atomic mass is 10.1. The molecule has 0 saturated heterocycles. The summed E-state index contributed by atoms with van der Waals surface area (Å²) in [4.78, 5) is 4.66. The minimum Gasteiger partial charge on any atom is -0.465 e. The van der Waals surface area contributed by atoms with E-state index < -0.39 is 0 Å². The Hall–Kier alpha value is -2.17. The van der Waals surface area contributed by atoms with Crippen molar-refractivity contribution in [3.63, 3.8) is 0 Å². The quantitative estimate of drug-likeness (QED) is 0.563. The van der Waals surface area contributed by atoms with E-state index in [9.17, 15) is 0 Å². The van der Waals surface area contributed by atoms with Gasteiger partial charge in [-0.05, 0) is 31.2 Å². The monoisotopic (exact) mass is 267 g/mol. The van der Waals surface area contributed by atoms with E-state index in [1.807, 2.05) is 43.3 Å². The van der Waals surface area contributed by atoms with Crippen molar-refractivity contribution in [3.05, 3.63) is 65.7 Å². The number of nitrogens with one attached hydrogen (secondary N) is 1. The van der Waals surface area contributed by atoms with Crippen LogP contribution in [0, 0.1) is 6.92 Å². The fourth-order valence-electron chi connectivity index (χ4n) is 2.31. The van der Waals surface area contributed by atoms with Crippen LogP contribution in [-0.4, -0.2) is 4.98 Å². The van der Waals surface area contributed by atoms with Gasteiger partial charge in [0.05, 0.1) is 11.6 Å². The average molecular weight is 267 g/mol. The summed E-state index contributed by atoms with van der Waals surface area (Å²) in [5.74, 6) is 7.35. The van der Waals surface area contributed by atoms with Gasteiger partial charge in [0.2, 0.25) is 0 Å². The fourth-order valence-corrected chi connectivity index (χ4v) is 2.31. The van der Waals surface area contributed by atoms with Crippen LogP contribution in [0.1, 0.15) is 23.3 Å². The zero-order valence-corrected chi connectivity index (χ0v) is 11.3. The van der Waals surface area contributed by atoms with E-state index >= 15 is 0 Å². The lowest BCUT2D eigenvalue weighted by Crippen LogP contribution is -2.29. The molecule has 2 heterocycles. The molecule has 0 spiro atoms. The van der Waals surface area contributed by atoms with Gasteiger partial charge in [-0.3, -0.25) is 10.8 Å². The maximum absolute atomic E-state index is 5.64. The van der Waals surface area contributed by atoms with Crippen LogP contribution in [0.4, 0.5) is 0 Å². The summed E-state index contributed by atoms with van der Waals surface area (Å²) < 4.78 is 5.63. The molecular formula is C16H17N3O. The molecule has 0 fully saturated rings. The number of aryl methyl sites for hydroxylation is 1. The smallest absolute Gasteiger partial charge is 0.122 e. The number of benzene rings is 1.